The van der Waals surface area contributed by atoms with Crippen molar-refractivity contribution < 1.29 is 38.2 Å². The largest absolute Gasteiger partial charge is 0.489 e. The zero-order valence-corrected chi connectivity index (χ0v) is 45.0. The first-order chi connectivity index (χ1) is 34.0. The molecule has 0 radical (unpaired) electrons. The van der Waals surface area contributed by atoms with Gasteiger partial charge in [0.05, 0.1) is 33.7 Å². The van der Waals surface area contributed by atoms with Gasteiger partial charge in [-0.15, -0.1) is 11.3 Å². The molecule has 0 spiro atoms. The number of thiazole rings is 1. The zero-order chi connectivity index (χ0) is 52.2. The van der Waals surface area contributed by atoms with Gasteiger partial charge in [-0.25, -0.2) is 4.98 Å². The van der Waals surface area contributed by atoms with E-state index < -0.39 is 46.9 Å². The van der Waals surface area contributed by atoms with Crippen LogP contribution in [-0.2, 0) is 34.2 Å². The number of rotatable bonds is 17. The second-order valence-electron chi connectivity index (χ2n) is 21.4. The molecule has 3 fully saturated rings. The van der Waals surface area contributed by atoms with E-state index in [4.69, 9.17) is 14.2 Å². The first-order valence-corrected chi connectivity index (χ1v) is 26.2. The first-order valence-electron chi connectivity index (χ1n) is 24.5. The van der Waals surface area contributed by atoms with Crippen LogP contribution >= 0.6 is 27.3 Å². The number of carbonyl (C=O) groups is 5. The van der Waals surface area contributed by atoms with Crippen LogP contribution in [-0.4, -0.2) is 89.6 Å². The van der Waals surface area contributed by atoms with Crippen molar-refractivity contribution in [1.82, 2.24) is 25.8 Å². The molecule has 0 bridgehead atoms. The second kappa shape index (κ2) is 22.0. The van der Waals surface area contributed by atoms with E-state index in [0.29, 0.717) is 40.8 Å². The number of unbranched alkanes of at least 4 members (excludes halogenated alkanes) is 2. The molecule has 72 heavy (non-hydrogen) atoms. The quantitative estimate of drug-likeness (QED) is 0.0524. The Morgan fingerprint density at radius 3 is 2.26 bits per heavy atom. The van der Waals surface area contributed by atoms with Crippen LogP contribution in [0.3, 0.4) is 0 Å². The lowest BCUT2D eigenvalue weighted by Crippen LogP contribution is -2.74. The minimum Gasteiger partial charge on any atom is -0.489 e. The van der Waals surface area contributed by atoms with Crippen LogP contribution in [0.25, 0.3) is 10.4 Å². The maximum atomic E-state index is 14.4. The molecule has 14 nitrogen and oxygen atoms in total. The number of halogens is 1. The number of hydrogen-bond donors (Lipinski definition) is 3. The number of nitriles is 1. The average molecular weight is 1060 g/mol. The van der Waals surface area contributed by atoms with Crippen molar-refractivity contribution in [2.24, 2.45) is 16.2 Å². The van der Waals surface area contributed by atoms with E-state index in [2.05, 4.69) is 82.5 Å². The number of amides is 4. The van der Waals surface area contributed by atoms with Gasteiger partial charge in [0.1, 0.15) is 42.7 Å². The van der Waals surface area contributed by atoms with Gasteiger partial charge in [-0.2, -0.15) is 5.26 Å². The van der Waals surface area contributed by atoms with Gasteiger partial charge in [0.15, 0.2) is 0 Å². The summed E-state index contributed by atoms with van der Waals surface area (Å²) in [5.74, 6) is 5.08. The zero-order valence-electron chi connectivity index (χ0n) is 42.6. The molecule has 0 unspecified atom stereocenters. The molecule has 2 aliphatic carbocycles. The Balaban J connectivity index is 0.851. The van der Waals surface area contributed by atoms with Crippen molar-refractivity contribution in [2.75, 3.05) is 19.8 Å². The van der Waals surface area contributed by atoms with Crippen LogP contribution in [0.15, 0.2) is 76.7 Å². The standard InChI is InChI=1S/C56H65BrN6O8S/c1-34-46(72-33-59-34)37-19-22-40(23-20-37)56(25-26-56)62-49(67)44-29-42(70-35(2)64)31-63(44)50(68)47(53(3,4)5)60-45(65)32-69-27-13-11-10-12-14-36-15-17-38(18-16-36)48(66)61-51-54(6,7)52(55(51,8)9)71-41-24-21-39(30-58)43(57)28-41/h15-24,28,33,42,44,47,51-52H,10-11,13,25-27,29,31-32H2,1-9H3,(H,60,65)(H,61,66)(H,62,67)/t42-,44-,47-,51?,52?/m1/s1. The molecule has 7 rings (SSSR count). The molecule has 3 atom stereocenters. The summed E-state index contributed by atoms with van der Waals surface area (Å²) in [5, 5.41) is 18.6. The van der Waals surface area contributed by atoms with Gasteiger partial charge >= 0.3 is 5.97 Å². The Morgan fingerprint density at radius 2 is 1.67 bits per heavy atom. The molecule has 4 aromatic rings. The Bertz CT molecular complexity index is 2760. The molecule has 3 N–H and O–H groups in total. The number of likely N-dealkylation sites (tertiary alicyclic amines) is 1. The predicted octanol–water partition coefficient (Wildman–Crippen LogP) is 8.77. The Hall–Kier alpha value is -6.07. The SMILES string of the molecule is CC(=O)O[C@@H]1C[C@H](C(=O)NC2(c3ccc(-c4scnc4C)cc3)CC2)N(C(=O)[C@@H](NC(=O)COCCCCC#Cc2ccc(C(=O)NC3C(C)(C)C(Oc4ccc(C#N)c(Br)c4)C3(C)C)cc2)C(C)(C)C)C1. The maximum absolute atomic E-state index is 14.4. The van der Waals surface area contributed by atoms with Gasteiger partial charge < -0.3 is 35.1 Å². The van der Waals surface area contributed by atoms with Crippen molar-refractivity contribution in [2.45, 2.75) is 137 Å². The average Bonchev–Trinajstić information content (AvgIpc) is 3.78. The third-order valence-electron chi connectivity index (χ3n) is 14.0. The van der Waals surface area contributed by atoms with E-state index in [1.54, 1.807) is 41.7 Å². The number of nitrogens with one attached hydrogen (secondary N) is 3. The first kappa shape index (κ1) is 53.7. The molecule has 1 saturated heterocycles. The summed E-state index contributed by atoms with van der Waals surface area (Å²) >= 11 is 5.02. The Labute approximate surface area is 435 Å². The van der Waals surface area contributed by atoms with Gasteiger partial charge in [-0.05, 0) is 108 Å². The van der Waals surface area contributed by atoms with Crippen molar-refractivity contribution in [3.05, 3.63) is 105 Å². The van der Waals surface area contributed by atoms with Crippen LogP contribution in [0.4, 0.5) is 0 Å². The van der Waals surface area contributed by atoms with Gasteiger partial charge in [-0.1, -0.05) is 84.6 Å². The van der Waals surface area contributed by atoms with Crippen LogP contribution in [0, 0.1) is 46.3 Å². The molecule has 16 heteroatoms. The third kappa shape index (κ3) is 12.2. The third-order valence-corrected chi connectivity index (χ3v) is 15.7. The maximum Gasteiger partial charge on any atom is 0.302 e. The second-order valence-corrected chi connectivity index (χ2v) is 23.2. The molecule has 3 aliphatic rings. The van der Waals surface area contributed by atoms with Crippen LogP contribution in [0.2, 0.25) is 0 Å². The highest BCUT2D eigenvalue weighted by Gasteiger charge is 2.64. The van der Waals surface area contributed by atoms with Gasteiger partial charge in [-0.3, -0.25) is 24.0 Å². The highest BCUT2D eigenvalue weighted by molar-refractivity contribution is 9.10. The van der Waals surface area contributed by atoms with Crippen LogP contribution in [0.1, 0.15) is 127 Å². The lowest BCUT2D eigenvalue weighted by molar-refractivity contribution is -0.164. The molecule has 1 aromatic heterocycles. The minimum absolute atomic E-state index is 0.0222. The van der Waals surface area contributed by atoms with E-state index in [-0.39, 0.29) is 54.4 Å². The number of nitrogens with zero attached hydrogens (tertiary/aromatic N) is 3. The van der Waals surface area contributed by atoms with E-state index in [1.165, 1.54) is 11.8 Å². The number of hydrogen-bond acceptors (Lipinski definition) is 11. The van der Waals surface area contributed by atoms with Gasteiger partial charge in [0, 0.05) is 58.8 Å². The number of carbonyl (C=O) groups excluding carboxylic acids is 5. The summed E-state index contributed by atoms with van der Waals surface area (Å²) in [6.07, 6.45) is 2.78. The predicted molar refractivity (Wildman–Crippen MR) is 278 cm³/mol. The van der Waals surface area contributed by atoms with E-state index in [9.17, 15) is 29.2 Å². The van der Waals surface area contributed by atoms with E-state index >= 15 is 0 Å². The minimum atomic E-state index is -0.989. The lowest BCUT2D eigenvalue weighted by Gasteiger charge is -2.63. The molecule has 2 heterocycles. The fourth-order valence-electron chi connectivity index (χ4n) is 10.3. The molecule has 3 aromatic carbocycles. The summed E-state index contributed by atoms with van der Waals surface area (Å²) in [6, 6.07) is 20.7. The number of aromatic nitrogens is 1. The number of ether oxygens (including phenoxy) is 3. The number of benzene rings is 3. The topological polar surface area (TPSA) is 189 Å². The fraction of sp³-hybridized carbons (Fsp3) is 0.482. The van der Waals surface area contributed by atoms with Crippen LogP contribution < -0.4 is 20.7 Å². The highest BCUT2D eigenvalue weighted by atomic mass is 79.9. The number of aryl methyl sites for hydroxylation is 1. The molecule has 1 aliphatic heterocycles. The molecule has 4 amide bonds. The van der Waals surface area contributed by atoms with Crippen molar-refractivity contribution in [3.63, 3.8) is 0 Å². The summed E-state index contributed by atoms with van der Waals surface area (Å²) in [6.45, 7) is 17.2. The van der Waals surface area contributed by atoms with E-state index in [1.807, 2.05) is 69.6 Å². The monoisotopic (exact) mass is 1060 g/mol. The van der Waals surface area contributed by atoms with Crippen LogP contribution in [0.5, 0.6) is 5.75 Å². The molecular weight excluding hydrogens is 997 g/mol. The van der Waals surface area contributed by atoms with E-state index in [0.717, 1.165) is 46.5 Å². The number of esters is 1. The Kier molecular flexibility index (Phi) is 16.4. The van der Waals surface area contributed by atoms with Gasteiger partial charge in [0.25, 0.3) is 5.91 Å². The molecular formula is C56H65BrN6O8S. The Morgan fingerprint density at radius 1 is 0.972 bits per heavy atom. The highest BCUT2D eigenvalue weighted by Crippen LogP contribution is 2.56. The normalized spacial score (nSPS) is 20.6. The lowest BCUT2D eigenvalue weighted by atomic mass is 9.49. The fourth-order valence-corrected chi connectivity index (χ4v) is 11.6. The van der Waals surface area contributed by atoms with Crippen molar-refractivity contribution in [3.8, 4) is 34.1 Å². The van der Waals surface area contributed by atoms with Gasteiger partial charge in [0.2, 0.25) is 17.7 Å². The smallest absolute Gasteiger partial charge is 0.302 e. The summed E-state index contributed by atoms with van der Waals surface area (Å²) in [5.41, 5.74) is 4.64. The molecule has 380 valence electrons. The van der Waals surface area contributed by atoms with Crippen molar-refractivity contribution in [1.29, 1.82) is 5.26 Å². The van der Waals surface area contributed by atoms with Crippen molar-refractivity contribution >= 4 is 56.9 Å². The summed E-state index contributed by atoms with van der Waals surface area (Å²) in [7, 11) is 0. The summed E-state index contributed by atoms with van der Waals surface area (Å²) in [4.78, 5) is 74.2. The molecule has 2 saturated carbocycles. The summed E-state index contributed by atoms with van der Waals surface area (Å²) < 4.78 is 18.3.